The monoisotopic (exact) mass is 281 g/mol. The molecule has 2 nitrogen and oxygen atoms in total. The number of amides is 1. The molecule has 2 aromatic carbocycles. The number of carbonyl (C=O) groups is 1. The Morgan fingerprint density at radius 1 is 1.00 bits per heavy atom. The predicted octanol–water partition coefficient (Wildman–Crippen LogP) is 4.03. The van der Waals surface area contributed by atoms with Crippen molar-refractivity contribution in [3.8, 4) is 0 Å². The summed E-state index contributed by atoms with van der Waals surface area (Å²) in [6, 6.07) is 19.1. The lowest BCUT2D eigenvalue weighted by Gasteiger charge is -2.37. The molecule has 0 N–H and O–H groups in total. The fourth-order valence-electron chi connectivity index (χ4n) is 3.21. The third-order valence-electron chi connectivity index (χ3n) is 4.11. The lowest BCUT2D eigenvalue weighted by atomic mass is 10.0. The van der Waals surface area contributed by atoms with E-state index in [1.54, 1.807) is 0 Å². The predicted molar refractivity (Wildman–Crippen MR) is 82.0 cm³/mol. The van der Waals surface area contributed by atoms with Crippen LogP contribution >= 0.6 is 11.8 Å². The Bertz CT molecular complexity index is 655. The highest BCUT2D eigenvalue weighted by Crippen LogP contribution is 2.52. The highest BCUT2D eigenvalue weighted by Gasteiger charge is 2.42. The van der Waals surface area contributed by atoms with Gasteiger partial charge in [-0.25, -0.2) is 0 Å². The number of thioether (sulfide) groups is 1. The molecule has 2 heterocycles. The van der Waals surface area contributed by atoms with Crippen LogP contribution in [0.25, 0.3) is 0 Å². The van der Waals surface area contributed by atoms with E-state index < -0.39 is 0 Å². The number of hydrogen-bond acceptors (Lipinski definition) is 2. The SMILES string of the molecule is O=C1CCC2C(c3ccccc3)Sc3ccccc3N12. The van der Waals surface area contributed by atoms with Gasteiger partial charge in [0.25, 0.3) is 0 Å². The molecule has 0 radical (unpaired) electrons. The molecule has 1 saturated heterocycles. The molecule has 0 saturated carbocycles. The van der Waals surface area contributed by atoms with Gasteiger partial charge in [0.1, 0.15) is 0 Å². The first-order valence-corrected chi connectivity index (χ1v) is 7.85. The summed E-state index contributed by atoms with van der Waals surface area (Å²) in [5.41, 5.74) is 2.41. The molecular formula is C17H15NOS. The number of anilines is 1. The standard InChI is InChI=1S/C17H15NOS/c19-16-11-10-14-17(12-6-2-1-3-7-12)20-15-9-5-4-8-13(15)18(14)16/h1-9,14,17H,10-11H2. The summed E-state index contributed by atoms with van der Waals surface area (Å²) in [5, 5.41) is 0.345. The average Bonchev–Trinajstić information content (AvgIpc) is 2.90. The van der Waals surface area contributed by atoms with E-state index in [1.807, 2.05) is 28.8 Å². The lowest BCUT2D eigenvalue weighted by molar-refractivity contribution is -0.117. The van der Waals surface area contributed by atoms with Crippen LogP contribution in [0, 0.1) is 0 Å². The first-order valence-electron chi connectivity index (χ1n) is 6.97. The molecule has 20 heavy (non-hydrogen) atoms. The van der Waals surface area contributed by atoms with Gasteiger partial charge in [-0.3, -0.25) is 4.79 Å². The first-order chi connectivity index (χ1) is 9.84. The van der Waals surface area contributed by atoms with E-state index in [0.29, 0.717) is 17.7 Å². The molecule has 2 aliphatic rings. The molecule has 100 valence electrons. The summed E-state index contributed by atoms with van der Waals surface area (Å²) in [4.78, 5) is 15.5. The fourth-order valence-corrected chi connectivity index (χ4v) is 4.64. The highest BCUT2D eigenvalue weighted by molar-refractivity contribution is 7.99. The van der Waals surface area contributed by atoms with Crippen molar-refractivity contribution in [2.75, 3.05) is 4.90 Å². The minimum absolute atomic E-state index is 0.267. The Hall–Kier alpha value is -1.74. The lowest BCUT2D eigenvalue weighted by Crippen LogP contribution is -2.39. The molecule has 2 unspecified atom stereocenters. The minimum Gasteiger partial charge on any atom is -0.307 e. The van der Waals surface area contributed by atoms with Crippen LogP contribution in [0.2, 0.25) is 0 Å². The van der Waals surface area contributed by atoms with Crippen molar-refractivity contribution in [3.05, 3.63) is 60.2 Å². The quantitative estimate of drug-likeness (QED) is 0.786. The van der Waals surface area contributed by atoms with Gasteiger partial charge in [0.05, 0.1) is 17.0 Å². The minimum atomic E-state index is 0.267. The van der Waals surface area contributed by atoms with Gasteiger partial charge >= 0.3 is 0 Å². The number of rotatable bonds is 1. The Balaban J connectivity index is 1.83. The molecule has 0 bridgehead atoms. The van der Waals surface area contributed by atoms with Crippen LogP contribution in [-0.2, 0) is 4.79 Å². The second-order valence-electron chi connectivity index (χ2n) is 5.29. The van der Waals surface area contributed by atoms with Crippen molar-refractivity contribution < 1.29 is 4.79 Å². The number of carbonyl (C=O) groups excluding carboxylic acids is 1. The zero-order chi connectivity index (χ0) is 13.5. The Morgan fingerprint density at radius 3 is 2.60 bits per heavy atom. The van der Waals surface area contributed by atoms with Gasteiger partial charge in [0.15, 0.2) is 0 Å². The number of hydrogen-bond donors (Lipinski definition) is 0. The van der Waals surface area contributed by atoms with Crippen LogP contribution in [0.1, 0.15) is 23.7 Å². The maximum absolute atomic E-state index is 12.3. The van der Waals surface area contributed by atoms with E-state index in [0.717, 1.165) is 12.1 Å². The molecule has 4 rings (SSSR count). The molecule has 2 aromatic rings. The molecule has 0 spiro atoms. The van der Waals surface area contributed by atoms with Crippen LogP contribution in [0.5, 0.6) is 0 Å². The molecule has 2 aliphatic heterocycles. The smallest absolute Gasteiger partial charge is 0.227 e. The Kier molecular flexibility index (Phi) is 2.81. The van der Waals surface area contributed by atoms with E-state index in [1.165, 1.54) is 10.5 Å². The first kappa shape index (κ1) is 12.0. The molecule has 2 atom stereocenters. The molecule has 3 heteroatoms. The van der Waals surface area contributed by atoms with Gasteiger partial charge in [0, 0.05) is 11.3 Å². The van der Waals surface area contributed by atoms with Crippen LogP contribution in [0.3, 0.4) is 0 Å². The highest BCUT2D eigenvalue weighted by atomic mass is 32.2. The van der Waals surface area contributed by atoms with Crippen molar-refractivity contribution in [2.24, 2.45) is 0 Å². The summed E-state index contributed by atoms with van der Waals surface area (Å²) in [6.45, 7) is 0. The third-order valence-corrected chi connectivity index (χ3v) is 5.55. The van der Waals surface area contributed by atoms with Crippen molar-refractivity contribution in [2.45, 2.75) is 29.0 Å². The summed E-state index contributed by atoms with van der Waals surface area (Å²) in [5.74, 6) is 0.267. The Labute approximate surface area is 122 Å². The second kappa shape index (κ2) is 4.67. The summed E-state index contributed by atoms with van der Waals surface area (Å²) >= 11 is 1.89. The largest absolute Gasteiger partial charge is 0.307 e. The average molecular weight is 281 g/mol. The molecule has 0 aliphatic carbocycles. The van der Waals surface area contributed by atoms with Gasteiger partial charge in [-0.15, -0.1) is 11.8 Å². The van der Waals surface area contributed by atoms with Crippen LogP contribution < -0.4 is 4.90 Å². The van der Waals surface area contributed by atoms with E-state index in [4.69, 9.17) is 0 Å². The summed E-state index contributed by atoms with van der Waals surface area (Å²) in [6.07, 6.45) is 1.63. The molecular weight excluding hydrogens is 266 g/mol. The molecule has 1 amide bonds. The number of fused-ring (bicyclic) bond motifs is 3. The van der Waals surface area contributed by atoms with Gasteiger partial charge in [0.2, 0.25) is 5.91 Å². The van der Waals surface area contributed by atoms with Gasteiger partial charge in [-0.05, 0) is 24.1 Å². The topological polar surface area (TPSA) is 20.3 Å². The van der Waals surface area contributed by atoms with Crippen LogP contribution in [0.4, 0.5) is 5.69 Å². The zero-order valence-corrected chi connectivity index (χ0v) is 11.8. The van der Waals surface area contributed by atoms with E-state index in [2.05, 4.69) is 42.5 Å². The van der Waals surface area contributed by atoms with Gasteiger partial charge in [-0.1, -0.05) is 42.5 Å². The molecule has 1 fully saturated rings. The van der Waals surface area contributed by atoms with Crippen LogP contribution in [0.15, 0.2) is 59.5 Å². The fraction of sp³-hybridized carbons (Fsp3) is 0.235. The summed E-state index contributed by atoms with van der Waals surface area (Å²) in [7, 11) is 0. The number of benzene rings is 2. The van der Waals surface area contributed by atoms with Crippen molar-refractivity contribution >= 4 is 23.4 Å². The second-order valence-corrected chi connectivity index (χ2v) is 6.47. The third kappa shape index (κ3) is 1.77. The van der Waals surface area contributed by atoms with E-state index >= 15 is 0 Å². The van der Waals surface area contributed by atoms with Gasteiger partial charge in [-0.2, -0.15) is 0 Å². The number of para-hydroxylation sites is 1. The van der Waals surface area contributed by atoms with E-state index in [-0.39, 0.29) is 5.91 Å². The van der Waals surface area contributed by atoms with Crippen LogP contribution in [-0.4, -0.2) is 11.9 Å². The number of nitrogens with zero attached hydrogens (tertiary/aromatic N) is 1. The van der Waals surface area contributed by atoms with E-state index in [9.17, 15) is 4.79 Å². The molecule has 0 aromatic heterocycles. The Morgan fingerprint density at radius 2 is 1.75 bits per heavy atom. The normalized spacial score (nSPS) is 24.4. The maximum atomic E-state index is 12.3. The zero-order valence-electron chi connectivity index (χ0n) is 11.0. The van der Waals surface area contributed by atoms with Crippen molar-refractivity contribution in [1.29, 1.82) is 0 Å². The maximum Gasteiger partial charge on any atom is 0.227 e. The van der Waals surface area contributed by atoms with Gasteiger partial charge < -0.3 is 4.90 Å². The van der Waals surface area contributed by atoms with Crippen molar-refractivity contribution in [1.82, 2.24) is 0 Å². The van der Waals surface area contributed by atoms with Crippen molar-refractivity contribution in [3.63, 3.8) is 0 Å². The summed E-state index contributed by atoms with van der Waals surface area (Å²) < 4.78 is 0.